The summed E-state index contributed by atoms with van der Waals surface area (Å²) in [5.74, 6) is -2.94. The van der Waals surface area contributed by atoms with Crippen LogP contribution in [0.5, 0.6) is 0 Å². The lowest BCUT2D eigenvalue weighted by Gasteiger charge is -2.22. The molecule has 0 aliphatic carbocycles. The quantitative estimate of drug-likeness (QED) is 0.322. The zero-order valence-corrected chi connectivity index (χ0v) is 16.2. The summed E-state index contributed by atoms with van der Waals surface area (Å²) >= 11 is 0. The van der Waals surface area contributed by atoms with Gasteiger partial charge in [-0.25, -0.2) is 0 Å². The fraction of sp³-hybridized carbons (Fsp3) is 0.368. The summed E-state index contributed by atoms with van der Waals surface area (Å²) in [6, 6.07) is 4.39. The lowest BCUT2D eigenvalue weighted by molar-refractivity contribution is -0.141. The fourth-order valence-corrected chi connectivity index (χ4v) is 2.77. The van der Waals surface area contributed by atoms with E-state index in [1.807, 2.05) is 24.3 Å². The first-order valence-corrected chi connectivity index (χ1v) is 9.11. The molecule has 0 saturated carbocycles. The van der Waals surface area contributed by atoms with Gasteiger partial charge in [0.15, 0.2) is 0 Å². The van der Waals surface area contributed by atoms with Gasteiger partial charge >= 0.3 is 5.97 Å². The normalized spacial score (nSPS) is 13.9. The molecule has 3 atom stereocenters. The Balaban J connectivity index is 2.20. The molecule has 1 heterocycles. The Morgan fingerprint density at radius 2 is 1.72 bits per heavy atom. The molecule has 1 aromatic carbocycles. The Kier molecular flexibility index (Phi) is 7.32. The average Bonchev–Trinajstić information content (AvgIpc) is 3.09. The predicted octanol–water partition coefficient (Wildman–Crippen LogP) is -0.752. The van der Waals surface area contributed by atoms with Crippen molar-refractivity contribution in [2.75, 3.05) is 6.54 Å². The number of rotatable bonds is 9. The number of H-pyrrole nitrogens is 1. The zero-order valence-electron chi connectivity index (χ0n) is 16.2. The van der Waals surface area contributed by atoms with Crippen LogP contribution in [-0.4, -0.2) is 58.5 Å². The maximum Gasteiger partial charge on any atom is 0.325 e. The van der Waals surface area contributed by atoms with E-state index in [1.54, 1.807) is 6.20 Å². The van der Waals surface area contributed by atoms with Crippen molar-refractivity contribution in [3.63, 3.8) is 0 Å². The molecule has 10 nitrogen and oxygen atoms in total. The number of nitrogens with two attached hydrogens (primary N) is 1. The molecule has 10 heteroatoms. The van der Waals surface area contributed by atoms with Crippen LogP contribution in [0.25, 0.3) is 10.9 Å². The highest BCUT2D eigenvalue weighted by Crippen LogP contribution is 2.19. The van der Waals surface area contributed by atoms with Gasteiger partial charge in [-0.3, -0.25) is 19.2 Å². The van der Waals surface area contributed by atoms with Crippen LogP contribution in [0.15, 0.2) is 30.5 Å². The molecule has 29 heavy (non-hydrogen) atoms. The first-order chi connectivity index (χ1) is 13.7. The minimum absolute atomic E-state index is 0.130. The van der Waals surface area contributed by atoms with E-state index in [2.05, 4.69) is 20.9 Å². The van der Waals surface area contributed by atoms with Gasteiger partial charge in [0.2, 0.25) is 17.7 Å². The molecule has 7 N–H and O–H groups in total. The number of carboxylic acid groups (broad SMARTS) is 1. The van der Waals surface area contributed by atoms with Gasteiger partial charge in [-0.15, -0.1) is 0 Å². The van der Waals surface area contributed by atoms with Crippen molar-refractivity contribution in [1.82, 2.24) is 20.9 Å². The first-order valence-electron chi connectivity index (χ1n) is 9.11. The highest BCUT2D eigenvalue weighted by atomic mass is 16.4. The van der Waals surface area contributed by atoms with Crippen LogP contribution < -0.4 is 21.7 Å². The molecule has 2 aromatic rings. The van der Waals surface area contributed by atoms with Crippen molar-refractivity contribution < 1.29 is 24.3 Å². The summed E-state index contributed by atoms with van der Waals surface area (Å²) in [6.45, 7) is 2.52. The van der Waals surface area contributed by atoms with Crippen LogP contribution in [0.3, 0.4) is 0 Å². The second-order valence-electron chi connectivity index (χ2n) is 6.69. The summed E-state index contributed by atoms with van der Waals surface area (Å²) in [6.07, 6.45) is 1.86. The smallest absolute Gasteiger partial charge is 0.325 e. The molecule has 0 fully saturated rings. The molecule has 156 valence electrons. The molecular weight excluding hydrogens is 378 g/mol. The van der Waals surface area contributed by atoms with Gasteiger partial charge in [0.05, 0.1) is 6.54 Å². The van der Waals surface area contributed by atoms with Crippen molar-refractivity contribution in [2.45, 2.75) is 38.4 Å². The van der Waals surface area contributed by atoms with Crippen molar-refractivity contribution >= 4 is 34.6 Å². The highest BCUT2D eigenvalue weighted by molar-refractivity contribution is 5.94. The SMILES string of the molecule is CC(NC(=O)C(Cc1c[nH]c2ccccc12)NC(=O)C(C)NC(=O)CN)C(=O)O. The number of fused-ring (bicyclic) bond motifs is 1. The van der Waals surface area contributed by atoms with Gasteiger partial charge in [-0.1, -0.05) is 18.2 Å². The number of para-hydroxylation sites is 1. The van der Waals surface area contributed by atoms with Gasteiger partial charge < -0.3 is 31.8 Å². The minimum Gasteiger partial charge on any atom is -0.480 e. The number of carboxylic acids is 1. The van der Waals surface area contributed by atoms with Crippen molar-refractivity contribution in [1.29, 1.82) is 0 Å². The molecule has 0 saturated heterocycles. The summed E-state index contributed by atoms with van der Waals surface area (Å²) in [5, 5.41) is 17.3. The second-order valence-corrected chi connectivity index (χ2v) is 6.69. The Hall–Kier alpha value is -3.40. The standard InChI is InChI=1S/C19H25N5O5/c1-10(22-16(25)8-20)17(26)24-15(18(27)23-11(2)19(28)29)7-12-9-21-14-6-4-3-5-13(12)14/h3-6,9-11,15,21H,7-8,20H2,1-2H3,(H,22,25)(H,23,27)(H,24,26)(H,28,29). The number of hydrogen-bond acceptors (Lipinski definition) is 5. The summed E-state index contributed by atoms with van der Waals surface area (Å²) in [5.41, 5.74) is 6.88. The molecule has 0 bridgehead atoms. The zero-order chi connectivity index (χ0) is 21.6. The van der Waals surface area contributed by atoms with Crippen molar-refractivity contribution in [3.05, 3.63) is 36.0 Å². The largest absolute Gasteiger partial charge is 0.480 e. The number of amides is 3. The molecule has 0 spiro atoms. The van der Waals surface area contributed by atoms with E-state index in [9.17, 15) is 19.2 Å². The minimum atomic E-state index is -1.20. The third-order valence-electron chi connectivity index (χ3n) is 4.42. The molecule has 0 aliphatic heterocycles. The molecule has 3 unspecified atom stereocenters. The van der Waals surface area contributed by atoms with E-state index in [0.717, 1.165) is 16.5 Å². The van der Waals surface area contributed by atoms with Gasteiger partial charge in [-0.05, 0) is 25.5 Å². The number of aromatic nitrogens is 1. The highest BCUT2D eigenvalue weighted by Gasteiger charge is 2.27. The maximum absolute atomic E-state index is 12.7. The number of carbonyl (C=O) groups is 4. The Morgan fingerprint density at radius 3 is 2.38 bits per heavy atom. The predicted molar refractivity (Wildman–Crippen MR) is 106 cm³/mol. The lowest BCUT2D eigenvalue weighted by Crippen LogP contribution is -2.55. The van der Waals surface area contributed by atoms with E-state index >= 15 is 0 Å². The monoisotopic (exact) mass is 403 g/mol. The number of aromatic amines is 1. The topological polar surface area (TPSA) is 166 Å². The lowest BCUT2D eigenvalue weighted by atomic mass is 10.0. The Bertz CT molecular complexity index is 909. The molecule has 0 radical (unpaired) electrons. The Morgan fingerprint density at radius 1 is 1.03 bits per heavy atom. The van der Waals surface area contributed by atoms with Crippen LogP contribution in [-0.2, 0) is 25.6 Å². The van der Waals surface area contributed by atoms with Gasteiger partial charge in [0.25, 0.3) is 0 Å². The number of nitrogens with one attached hydrogen (secondary N) is 4. The third kappa shape index (κ3) is 5.79. The van der Waals surface area contributed by atoms with Crippen LogP contribution in [0, 0.1) is 0 Å². The van der Waals surface area contributed by atoms with Crippen molar-refractivity contribution in [3.8, 4) is 0 Å². The van der Waals surface area contributed by atoms with Crippen LogP contribution in [0.2, 0.25) is 0 Å². The Labute approximate surface area is 167 Å². The second kappa shape index (κ2) is 9.69. The van der Waals surface area contributed by atoms with Crippen LogP contribution >= 0.6 is 0 Å². The van der Waals surface area contributed by atoms with Crippen LogP contribution in [0.1, 0.15) is 19.4 Å². The van der Waals surface area contributed by atoms with E-state index in [-0.39, 0.29) is 13.0 Å². The average molecular weight is 403 g/mol. The molecule has 3 amide bonds. The first kappa shape index (κ1) is 21.9. The van der Waals surface area contributed by atoms with E-state index < -0.39 is 41.8 Å². The summed E-state index contributed by atoms with van der Waals surface area (Å²) in [4.78, 5) is 50.7. The number of carbonyl (C=O) groups excluding carboxylic acids is 3. The van der Waals surface area contributed by atoms with E-state index in [0.29, 0.717) is 0 Å². The molecular formula is C19H25N5O5. The number of benzene rings is 1. The fourth-order valence-electron chi connectivity index (χ4n) is 2.77. The summed E-state index contributed by atoms with van der Waals surface area (Å²) in [7, 11) is 0. The van der Waals surface area contributed by atoms with Crippen LogP contribution in [0.4, 0.5) is 0 Å². The number of aliphatic carboxylic acids is 1. The molecule has 2 rings (SSSR count). The summed E-state index contributed by atoms with van der Waals surface area (Å²) < 4.78 is 0. The molecule has 1 aromatic heterocycles. The molecule has 0 aliphatic rings. The van der Waals surface area contributed by atoms with Crippen molar-refractivity contribution in [2.24, 2.45) is 5.73 Å². The van der Waals surface area contributed by atoms with Gasteiger partial charge in [0, 0.05) is 23.5 Å². The van der Waals surface area contributed by atoms with Gasteiger partial charge in [-0.2, -0.15) is 0 Å². The van der Waals surface area contributed by atoms with E-state index in [1.165, 1.54) is 13.8 Å². The number of hydrogen-bond donors (Lipinski definition) is 6. The maximum atomic E-state index is 12.7. The van der Waals surface area contributed by atoms with E-state index in [4.69, 9.17) is 10.8 Å². The van der Waals surface area contributed by atoms with Gasteiger partial charge in [0.1, 0.15) is 18.1 Å². The third-order valence-corrected chi connectivity index (χ3v) is 4.42.